The fourth-order valence-corrected chi connectivity index (χ4v) is 1.40. The zero-order valence-electron chi connectivity index (χ0n) is 10.8. The normalized spacial score (nSPS) is 9.79. The second-order valence-corrected chi connectivity index (χ2v) is 3.76. The van der Waals surface area contributed by atoms with Crippen molar-refractivity contribution in [3.05, 3.63) is 29.8 Å². The molecule has 0 bridgehead atoms. The predicted molar refractivity (Wildman–Crippen MR) is 66.6 cm³/mol. The standard InChI is InChI=1S/C12H16N2O5/c1-14(12(17)13-19-8-11(15)16)7-9-5-3-4-6-10(9)18-2/h3-6H,7-8H2,1-2H3,(H,13,17)(H,15,16). The van der Waals surface area contributed by atoms with Gasteiger partial charge in [0.1, 0.15) is 5.75 Å². The van der Waals surface area contributed by atoms with Crippen molar-refractivity contribution in [2.75, 3.05) is 20.8 Å². The van der Waals surface area contributed by atoms with Crippen LogP contribution in [0.3, 0.4) is 0 Å². The SMILES string of the molecule is COc1ccccc1CN(C)C(=O)NOCC(=O)O. The summed E-state index contributed by atoms with van der Waals surface area (Å²) in [7, 11) is 3.11. The number of amides is 2. The van der Waals surface area contributed by atoms with E-state index in [0.717, 1.165) is 5.56 Å². The maximum atomic E-state index is 11.6. The Kier molecular flexibility index (Phi) is 5.62. The van der Waals surface area contributed by atoms with Gasteiger partial charge in [0.15, 0.2) is 6.61 Å². The minimum atomic E-state index is -1.16. The number of methoxy groups -OCH3 is 1. The third-order valence-electron chi connectivity index (χ3n) is 2.30. The summed E-state index contributed by atoms with van der Waals surface area (Å²) in [6.45, 7) is -0.277. The van der Waals surface area contributed by atoms with Gasteiger partial charge >= 0.3 is 12.0 Å². The molecule has 19 heavy (non-hydrogen) atoms. The number of carbonyl (C=O) groups excluding carboxylic acids is 1. The molecule has 1 rings (SSSR count). The number of carboxylic acids is 1. The molecule has 0 saturated heterocycles. The van der Waals surface area contributed by atoms with Crippen molar-refractivity contribution in [2.24, 2.45) is 0 Å². The Morgan fingerprint density at radius 3 is 2.68 bits per heavy atom. The second-order valence-electron chi connectivity index (χ2n) is 3.76. The van der Waals surface area contributed by atoms with Gasteiger partial charge in [-0.2, -0.15) is 0 Å². The topological polar surface area (TPSA) is 88.1 Å². The maximum absolute atomic E-state index is 11.6. The molecule has 0 aliphatic carbocycles. The number of carboxylic acid groups (broad SMARTS) is 1. The number of aliphatic carboxylic acids is 1. The zero-order valence-corrected chi connectivity index (χ0v) is 10.8. The molecule has 0 unspecified atom stereocenters. The molecule has 2 amide bonds. The van der Waals surface area contributed by atoms with E-state index in [9.17, 15) is 9.59 Å². The van der Waals surface area contributed by atoms with E-state index in [-0.39, 0.29) is 0 Å². The van der Waals surface area contributed by atoms with Gasteiger partial charge < -0.3 is 14.7 Å². The average molecular weight is 268 g/mol. The average Bonchev–Trinajstić information content (AvgIpc) is 2.38. The molecule has 0 aliphatic rings. The smallest absolute Gasteiger partial charge is 0.341 e. The molecule has 0 spiro atoms. The molecule has 0 radical (unpaired) electrons. The van der Waals surface area contributed by atoms with Gasteiger partial charge in [-0.15, -0.1) is 0 Å². The summed E-state index contributed by atoms with van der Waals surface area (Å²) in [6.07, 6.45) is 0. The first-order valence-electron chi connectivity index (χ1n) is 5.51. The van der Waals surface area contributed by atoms with Crippen molar-refractivity contribution >= 4 is 12.0 Å². The summed E-state index contributed by atoms with van der Waals surface area (Å²) in [6, 6.07) is 6.76. The first kappa shape index (κ1) is 14.8. The van der Waals surface area contributed by atoms with Gasteiger partial charge in [0.25, 0.3) is 0 Å². The number of benzene rings is 1. The number of carbonyl (C=O) groups is 2. The van der Waals surface area contributed by atoms with E-state index in [1.54, 1.807) is 20.2 Å². The quantitative estimate of drug-likeness (QED) is 0.747. The highest BCUT2D eigenvalue weighted by molar-refractivity contribution is 5.73. The van der Waals surface area contributed by atoms with Crippen LogP contribution in [0.1, 0.15) is 5.56 Å². The lowest BCUT2D eigenvalue weighted by Crippen LogP contribution is -2.37. The van der Waals surface area contributed by atoms with Gasteiger partial charge in [-0.25, -0.2) is 15.1 Å². The van der Waals surface area contributed by atoms with Gasteiger partial charge in [-0.05, 0) is 6.07 Å². The third kappa shape index (κ3) is 4.84. The number of hydrogen-bond donors (Lipinski definition) is 2. The number of urea groups is 1. The predicted octanol–water partition coefficient (Wildman–Crippen LogP) is 0.853. The number of nitrogens with zero attached hydrogens (tertiary/aromatic N) is 1. The van der Waals surface area contributed by atoms with Crippen molar-refractivity contribution in [1.29, 1.82) is 0 Å². The lowest BCUT2D eigenvalue weighted by atomic mass is 10.2. The lowest BCUT2D eigenvalue weighted by molar-refractivity contribution is -0.144. The highest BCUT2D eigenvalue weighted by atomic mass is 16.7. The minimum absolute atomic E-state index is 0.312. The Labute approximate surface area is 110 Å². The number of para-hydroxylation sites is 1. The Balaban J connectivity index is 2.51. The van der Waals surface area contributed by atoms with E-state index < -0.39 is 18.6 Å². The fraction of sp³-hybridized carbons (Fsp3) is 0.333. The van der Waals surface area contributed by atoms with Crippen LogP contribution in [-0.4, -0.2) is 42.8 Å². The van der Waals surface area contributed by atoms with E-state index >= 15 is 0 Å². The van der Waals surface area contributed by atoms with Crippen LogP contribution >= 0.6 is 0 Å². The van der Waals surface area contributed by atoms with E-state index in [1.807, 2.05) is 23.7 Å². The van der Waals surface area contributed by atoms with E-state index in [0.29, 0.717) is 12.3 Å². The number of ether oxygens (including phenoxy) is 1. The summed E-state index contributed by atoms with van der Waals surface area (Å²) in [5, 5.41) is 8.36. The highest BCUT2D eigenvalue weighted by Crippen LogP contribution is 2.18. The third-order valence-corrected chi connectivity index (χ3v) is 2.30. The number of hydroxylamine groups is 1. The van der Waals surface area contributed by atoms with E-state index in [4.69, 9.17) is 9.84 Å². The molecule has 2 N–H and O–H groups in total. The Hall–Kier alpha value is -2.28. The summed E-state index contributed by atoms with van der Waals surface area (Å²) < 4.78 is 5.17. The van der Waals surface area contributed by atoms with Gasteiger partial charge in [-0.1, -0.05) is 18.2 Å². The van der Waals surface area contributed by atoms with Crippen LogP contribution in [0.15, 0.2) is 24.3 Å². The largest absolute Gasteiger partial charge is 0.496 e. The number of hydrogen-bond acceptors (Lipinski definition) is 4. The molecule has 1 aromatic carbocycles. The Morgan fingerprint density at radius 2 is 2.05 bits per heavy atom. The summed E-state index contributed by atoms with van der Waals surface area (Å²) >= 11 is 0. The van der Waals surface area contributed by atoms with Gasteiger partial charge in [0.2, 0.25) is 0 Å². The van der Waals surface area contributed by atoms with Crippen LogP contribution in [0.25, 0.3) is 0 Å². The number of nitrogens with one attached hydrogen (secondary N) is 1. The second kappa shape index (κ2) is 7.22. The summed E-state index contributed by atoms with van der Waals surface area (Å²) in [5.74, 6) is -0.485. The summed E-state index contributed by atoms with van der Waals surface area (Å²) in [5.41, 5.74) is 2.87. The van der Waals surface area contributed by atoms with Crippen molar-refractivity contribution in [3.8, 4) is 5.75 Å². The molecule has 0 heterocycles. The van der Waals surface area contributed by atoms with E-state index in [2.05, 4.69) is 4.84 Å². The van der Waals surface area contributed by atoms with Crippen molar-refractivity contribution in [3.63, 3.8) is 0 Å². The molecule has 0 atom stereocenters. The Morgan fingerprint density at radius 1 is 1.37 bits per heavy atom. The van der Waals surface area contributed by atoms with Gasteiger partial charge in [-0.3, -0.25) is 4.84 Å². The van der Waals surface area contributed by atoms with Crippen LogP contribution in [0, 0.1) is 0 Å². The first-order valence-corrected chi connectivity index (χ1v) is 5.51. The Bertz CT molecular complexity index is 450. The zero-order chi connectivity index (χ0) is 14.3. The number of rotatable bonds is 6. The van der Waals surface area contributed by atoms with Crippen LogP contribution in [0.4, 0.5) is 4.79 Å². The lowest BCUT2D eigenvalue weighted by Gasteiger charge is -2.18. The molecule has 1 aromatic rings. The van der Waals surface area contributed by atoms with E-state index in [1.165, 1.54) is 4.90 Å². The van der Waals surface area contributed by atoms with Crippen molar-refractivity contribution in [2.45, 2.75) is 6.54 Å². The molecule has 7 nitrogen and oxygen atoms in total. The molecular weight excluding hydrogens is 252 g/mol. The van der Waals surface area contributed by atoms with Crippen LogP contribution < -0.4 is 10.2 Å². The molecule has 0 aliphatic heterocycles. The van der Waals surface area contributed by atoms with Gasteiger partial charge in [0, 0.05) is 12.6 Å². The molecule has 104 valence electrons. The van der Waals surface area contributed by atoms with Crippen LogP contribution in [0.5, 0.6) is 5.75 Å². The molecule has 0 fully saturated rings. The van der Waals surface area contributed by atoms with Crippen LogP contribution in [-0.2, 0) is 16.2 Å². The monoisotopic (exact) mass is 268 g/mol. The van der Waals surface area contributed by atoms with Crippen molar-refractivity contribution < 1.29 is 24.3 Å². The molecule has 0 aromatic heterocycles. The van der Waals surface area contributed by atoms with Crippen molar-refractivity contribution in [1.82, 2.24) is 10.4 Å². The fourth-order valence-electron chi connectivity index (χ4n) is 1.40. The molecule has 0 saturated carbocycles. The maximum Gasteiger partial charge on any atom is 0.341 e. The molecule has 7 heteroatoms. The highest BCUT2D eigenvalue weighted by Gasteiger charge is 2.12. The summed E-state index contributed by atoms with van der Waals surface area (Å²) in [4.78, 5) is 27.7. The van der Waals surface area contributed by atoms with Crippen LogP contribution in [0.2, 0.25) is 0 Å². The van der Waals surface area contributed by atoms with Gasteiger partial charge in [0.05, 0.1) is 13.7 Å². The molecular formula is C12H16N2O5. The first-order chi connectivity index (χ1) is 9.04. The minimum Gasteiger partial charge on any atom is -0.496 e.